The second-order valence-electron chi connectivity index (χ2n) is 4.70. The SMILES string of the molecule is CC1CN(C2=CCC(F)(F)C=C2)CCN1C. The van der Waals surface area contributed by atoms with Crippen LogP contribution in [0.25, 0.3) is 0 Å². The van der Waals surface area contributed by atoms with E-state index in [1.165, 1.54) is 0 Å². The van der Waals surface area contributed by atoms with E-state index in [-0.39, 0.29) is 6.42 Å². The first-order valence-electron chi connectivity index (χ1n) is 5.70. The molecule has 1 aliphatic heterocycles. The number of allylic oxidation sites excluding steroid dienone is 3. The zero-order valence-corrected chi connectivity index (χ0v) is 9.79. The van der Waals surface area contributed by atoms with Crippen LogP contribution in [-0.2, 0) is 0 Å². The molecule has 90 valence electrons. The lowest BCUT2D eigenvalue weighted by molar-refractivity contribution is 0.0548. The molecule has 1 heterocycles. The quantitative estimate of drug-likeness (QED) is 0.678. The molecule has 0 radical (unpaired) electrons. The third kappa shape index (κ3) is 2.43. The number of alkyl halides is 2. The Kier molecular flexibility index (Phi) is 3.02. The molecule has 16 heavy (non-hydrogen) atoms. The van der Waals surface area contributed by atoms with Gasteiger partial charge in [-0.1, -0.05) is 6.08 Å². The van der Waals surface area contributed by atoms with Crippen molar-refractivity contribution in [3.8, 4) is 0 Å². The van der Waals surface area contributed by atoms with E-state index in [1.807, 2.05) is 0 Å². The summed E-state index contributed by atoms with van der Waals surface area (Å²) in [6.07, 6.45) is 4.06. The average Bonchev–Trinajstić information content (AvgIpc) is 2.22. The van der Waals surface area contributed by atoms with E-state index in [2.05, 4.69) is 23.8 Å². The van der Waals surface area contributed by atoms with E-state index in [1.54, 1.807) is 12.2 Å². The molecular formula is C12H18F2N2. The Morgan fingerprint density at radius 1 is 1.38 bits per heavy atom. The van der Waals surface area contributed by atoms with Gasteiger partial charge < -0.3 is 9.80 Å². The van der Waals surface area contributed by atoms with E-state index >= 15 is 0 Å². The molecule has 2 aliphatic rings. The largest absolute Gasteiger partial charge is 0.369 e. The van der Waals surface area contributed by atoms with Gasteiger partial charge in [-0.25, -0.2) is 8.78 Å². The van der Waals surface area contributed by atoms with Crippen molar-refractivity contribution in [2.24, 2.45) is 0 Å². The van der Waals surface area contributed by atoms with Crippen LogP contribution in [0.3, 0.4) is 0 Å². The predicted molar refractivity (Wildman–Crippen MR) is 60.5 cm³/mol. The fourth-order valence-corrected chi connectivity index (χ4v) is 2.10. The smallest absolute Gasteiger partial charge is 0.270 e. The van der Waals surface area contributed by atoms with E-state index in [0.29, 0.717) is 6.04 Å². The Bertz CT molecular complexity index is 323. The van der Waals surface area contributed by atoms with Gasteiger partial charge in [0, 0.05) is 37.8 Å². The van der Waals surface area contributed by atoms with Gasteiger partial charge >= 0.3 is 0 Å². The summed E-state index contributed by atoms with van der Waals surface area (Å²) in [6, 6.07) is 0.477. The molecule has 1 unspecified atom stereocenters. The van der Waals surface area contributed by atoms with Crippen LogP contribution in [-0.4, -0.2) is 48.4 Å². The van der Waals surface area contributed by atoms with Crippen molar-refractivity contribution in [1.82, 2.24) is 9.80 Å². The monoisotopic (exact) mass is 228 g/mol. The lowest BCUT2D eigenvalue weighted by Gasteiger charge is -2.40. The van der Waals surface area contributed by atoms with Crippen LogP contribution in [0, 0.1) is 0 Å². The zero-order valence-electron chi connectivity index (χ0n) is 9.79. The molecule has 0 N–H and O–H groups in total. The highest BCUT2D eigenvalue weighted by Crippen LogP contribution is 2.28. The van der Waals surface area contributed by atoms with Crippen LogP contribution in [0.2, 0.25) is 0 Å². The third-order valence-electron chi connectivity index (χ3n) is 3.41. The molecule has 4 heteroatoms. The van der Waals surface area contributed by atoms with Crippen LogP contribution < -0.4 is 0 Å². The van der Waals surface area contributed by atoms with Gasteiger partial charge in [-0.15, -0.1) is 0 Å². The summed E-state index contributed by atoms with van der Waals surface area (Å²) in [6.45, 7) is 4.98. The predicted octanol–water partition coefficient (Wildman–Crippen LogP) is 2.10. The standard InChI is InChI=1S/C12H18F2N2/c1-10-9-16(8-7-15(10)2)11-3-5-12(13,14)6-4-11/h3-5,10H,6-9H2,1-2H3. The molecule has 0 aromatic rings. The van der Waals surface area contributed by atoms with Crippen molar-refractivity contribution in [1.29, 1.82) is 0 Å². The van der Waals surface area contributed by atoms with Crippen molar-refractivity contribution in [2.75, 3.05) is 26.7 Å². The highest BCUT2D eigenvalue weighted by atomic mass is 19.3. The normalized spacial score (nSPS) is 30.4. The number of halogens is 2. The third-order valence-corrected chi connectivity index (χ3v) is 3.41. The van der Waals surface area contributed by atoms with Gasteiger partial charge in [-0.2, -0.15) is 0 Å². The maximum absolute atomic E-state index is 12.9. The molecule has 0 aromatic carbocycles. The van der Waals surface area contributed by atoms with E-state index < -0.39 is 5.92 Å². The van der Waals surface area contributed by atoms with Crippen molar-refractivity contribution in [3.63, 3.8) is 0 Å². The van der Waals surface area contributed by atoms with Gasteiger partial charge in [0.25, 0.3) is 5.92 Å². The lowest BCUT2D eigenvalue weighted by Crippen LogP contribution is -2.49. The van der Waals surface area contributed by atoms with Crippen molar-refractivity contribution < 1.29 is 8.78 Å². The molecule has 0 aromatic heterocycles. The molecule has 0 saturated carbocycles. The first-order chi connectivity index (χ1) is 7.48. The van der Waals surface area contributed by atoms with Crippen molar-refractivity contribution in [2.45, 2.75) is 25.3 Å². The fourth-order valence-electron chi connectivity index (χ4n) is 2.10. The van der Waals surface area contributed by atoms with E-state index in [4.69, 9.17) is 0 Å². The number of hydrogen-bond acceptors (Lipinski definition) is 2. The van der Waals surface area contributed by atoms with Crippen LogP contribution in [0.4, 0.5) is 8.78 Å². The topological polar surface area (TPSA) is 6.48 Å². The maximum atomic E-state index is 12.9. The average molecular weight is 228 g/mol. The molecule has 0 amide bonds. The highest BCUT2D eigenvalue weighted by molar-refractivity contribution is 5.25. The van der Waals surface area contributed by atoms with Crippen molar-refractivity contribution >= 4 is 0 Å². The van der Waals surface area contributed by atoms with Gasteiger partial charge in [-0.05, 0) is 26.1 Å². The molecule has 1 fully saturated rings. The van der Waals surface area contributed by atoms with Gasteiger partial charge in [0.2, 0.25) is 0 Å². The fraction of sp³-hybridized carbons (Fsp3) is 0.667. The summed E-state index contributed by atoms with van der Waals surface area (Å²) in [4.78, 5) is 4.48. The maximum Gasteiger partial charge on any atom is 0.270 e. The second kappa shape index (κ2) is 4.17. The Balaban J connectivity index is 2.00. The lowest BCUT2D eigenvalue weighted by atomic mass is 10.1. The summed E-state index contributed by atoms with van der Waals surface area (Å²) >= 11 is 0. The molecule has 0 bridgehead atoms. The van der Waals surface area contributed by atoms with Gasteiger partial charge in [0.05, 0.1) is 0 Å². The first-order valence-corrected chi connectivity index (χ1v) is 5.70. The molecular weight excluding hydrogens is 210 g/mol. The highest BCUT2D eigenvalue weighted by Gasteiger charge is 2.29. The van der Waals surface area contributed by atoms with Crippen LogP contribution in [0.5, 0.6) is 0 Å². The minimum Gasteiger partial charge on any atom is -0.369 e. The Morgan fingerprint density at radius 2 is 2.12 bits per heavy atom. The molecule has 1 atom stereocenters. The van der Waals surface area contributed by atoms with Crippen LogP contribution >= 0.6 is 0 Å². The van der Waals surface area contributed by atoms with E-state index in [0.717, 1.165) is 31.4 Å². The Morgan fingerprint density at radius 3 is 2.69 bits per heavy atom. The summed E-state index contributed by atoms with van der Waals surface area (Å²) < 4.78 is 25.9. The minimum atomic E-state index is -2.65. The Labute approximate surface area is 95.2 Å². The minimum absolute atomic E-state index is 0.167. The summed E-state index contributed by atoms with van der Waals surface area (Å²) in [5, 5.41) is 0. The second-order valence-corrected chi connectivity index (χ2v) is 4.70. The van der Waals surface area contributed by atoms with Crippen LogP contribution in [0.1, 0.15) is 13.3 Å². The number of hydrogen-bond donors (Lipinski definition) is 0. The van der Waals surface area contributed by atoms with Crippen LogP contribution in [0.15, 0.2) is 23.9 Å². The molecule has 2 nitrogen and oxygen atoms in total. The van der Waals surface area contributed by atoms with Gasteiger partial charge in [-0.3, -0.25) is 0 Å². The number of likely N-dealkylation sites (N-methyl/N-ethyl adjacent to an activating group) is 1. The number of piperazine rings is 1. The summed E-state index contributed by atoms with van der Waals surface area (Å²) in [5.41, 5.74) is 0.950. The zero-order chi connectivity index (χ0) is 11.8. The molecule has 0 spiro atoms. The van der Waals surface area contributed by atoms with Gasteiger partial charge in [0.1, 0.15) is 0 Å². The number of nitrogens with zero attached hydrogens (tertiary/aromatic N) is 2. The Hall–Kier alpha value is -0.900. The van der Waals surface area contributed by atoms with Crippen molar-refractivity contribution in [3.05, 3.63) is 23.9 Å². The first kappa shape index (κ1) is 11.6. The molecule has 1 saturated heterocycles. The van der Waals surface area contributed by atoms with Gasteiger partial charge in [0.15, 0.2) is 0 Å². The van der Waals surface area contributed by atoms with E-state index in [9.17, 15) is 8.78 Å². The molecule has 2 rings (SSSR count). The number of rotatable bonds is 1. The summed E-state index contributed by atoms with van der Waals surface area (Å²) in [7, 11) is 2.10. The summed E-state index contributed by atoms with van der Waals surface area (Å²) in [5.74, 6) is -2.65. The molecule has 1 aliphatic carbocycles.